The van der Waals surface area contributed by atoms with E-state index in [1.54, 1.807) is 0 Å². The Labute approximate surface area is 174 Å². The van der Waals surface area contributed by atoms with Crippen molar-refractivity contribution in [2.75, 3.05) is 24.4 Å². The number of halogens is 4. The van der Waals surface area contributed by atoms with Gasteiger partial charge in [0.05, 0.1) is 13.2 Å². The molecular formula is C18H20Br3ClO2. The molecule has 0 heterocycles. The van der Waals surface area contributed by atoms with Crippen LogP contribution in [0, 0.1) is 0 Å². The lowest BCUT2D eigenvalue weighted by Gasteiger charge is -2.04. The maximum Gasteiger partial charge on any atom is 0.120 e. The third-order valence-electron chi connectivity index (χ3n) is 2.69. The largest absolute Gasteiger partial charge is 0.494 e. The quantitative estimate of drug-likeness (QED) is 0.262. The monoisotopic (exact) mass is 540 g/mol. The predicted octanol–water partition coefficient (Wildman–Crippen LogP) is 7.07. The molecule has 2 aromatic carbocycles. The van der Waals surface area contributed by atoms with Crippen LogP contribution in [0.5, 0.6) is 11.5 Å². The molecule has 0 aromatic heterocycles. The Morgan fingerprint density at radius 2 is 1.29 bits per heavy atom. The third kappa shape index (κ3) is 10.6. The molecule has 2 nitrogen and oxygen atoms in total. The zero-order valence-corrected chi connectivity index (χ0v) is 18.7. The van der Waals surface area contributed by atoms with Crippen molar-refractivity contribution in [1.29, 1.82) is 0 Å². The zero-order chi connectivity index (χ0) is 17.6. The lowest BCUT2D eigenvalue weighted by molar-refractivity contribution is 0.318. The van der Waals surface area contributed by atoms with E-state index >= 15 is 0 Å². The van der Waals surface area contributed by atoms with Crippen molar-refractivity contribution in [3.05, 3.63) is 57.5 Å². The van der Waals surface area contributed by atoms with Gasteiger partial charge in [-0.2, -0.15) is 0 Å². The van der Waals surface area contributed by atoms with Crippen molar-refractivity contribution in [3.63, 3.8) is 0 Å². The van der Waals surface area contributed by atoms with E-state index in [0.29, 0.717) is 12.5 Å². The molecule has 0 saturated heterocycles. The average Bonchev–Trinajstić information content (AvgIpc) is 2.56. The summed E-state index contributed by atoms with van der Waals surface area (Å²) >= 11 is 15.6. The first-order valence-corrected chi connectivity index (χ1v) is 10.8. The van der Waals surface area contributed by atoms with E-state index in [1.807, 2.05) is 48.5 Å². The molecule has 132 valence electrons. The van der Waals surface area contributed by atoms with Crippen molar-refractivity contribution < 1.29 is 9.47 Å². The van der Waals surface area contributed by atoms with Crippen LogP contribution in [0.1, 0.15) is 12.8 Å². The number of hydrogen-bond acceptors (Lipinski definition) is 2. The van der Waals surface area contributed by atoms with Gasteiger partial charge in [0, 0.05) is 20.2 Å². The average molecular weight is 544 g/mol. The smallest absolute Gasteiger partial charge is 0.120 e. The van der Waals surface area contributed by atoms with Gasteiger partial charge in [0.25, 0.3) is 0 Å². The molecule has 2 rings (SSSR count). The summed E-state index contributed by atoms with van der Waals surface area (Å²) in [7, 11) is 0. The zero-order valence-electron chi connectivity index (χ0n) is 13.2. The predicted molar refractivity (Wildman–Crippen MR) is 113 cm³/mol. The van der Waals surface area contributed by atoms with Gasteiger partial charge in [-0.3, -0.25) is 0 Å². The van der Waals surface area contributed by atoms with E-state index in [9.17, 15) is 0 Å². The molecule has 0 atom stereocenters. The molecule has 0 unspecified atom stereocenters. The lowest BCUT2D eigenvalue weighted by atomic mass is 10.3. The van der Waals surface area contributed by atoms with E-state index in [2.05, 4.69) is 47.8 Å². The fraction of sp³-hybridized carbons (Fsp3) is 0.333. The van der Waals surface area contributed by atoms with E-state index < -0.39 is 0 Å². The van der Waals surface area contributed by atoms with Gasteiger partial charge in [-0.1, -0.05) is 59.9 Å². The molecule has 0 N–H and O–H groups in total. The van der Waals surface area contributed by atoms with Crippen LogP contribution >= 0.6 is 59.4 Å². The van der Waals surface area contributed by atoms with Gasteiger partial charge in [-0.25, -0.2) is 0 Å². The topological polar surface area (TPSA) is 18.5 Å². The molecule has 0 amide bonds. The van der Waals surface area contributed by atoms with Gasteiger partial charge in [0.1, 0.15) is 11.5 Å². The second kappa shape index (κ2) is 14.0. The first kappa shape index (κ1) is 21.8. The van der Waals surface area contributed by atoms with Crippen LogP contribution in [-0.2, 0) is 0 Å². The van der Waals surface area contributed by atoms with Crippen LogP contribution < -0.4 is 9.47 Å². The molecule has 2 aromatic rings. The number of benzene rings is 2. The summed E-state index contributed by atoms with van der Waals surface area (Å²) in [5.41, 5.74) is 0. The van der Waals surface area contributed by atoms with E-state index in [0.717, 1.165) is 45.2 Å². The normalized spacial score (nSPS) is 9.83. The van der Waals surface area contributed by atoms with Gasteiger partial charge < -0.3 is 9.47 Å². The van der Waals surface area contributed by atoms with Gasteiger partial charge in [-0.15, -0.1) is 11.6 Å². The van der Waals surface area contributed by atoms with Crippen LogP contribution in [0.15, 0.2) is 57.5 Å². The number of alkyl halides is 2. The Bertz CT molecular complexity index is 530. The summed E-state index contributed by atoms with van der Waals surface area (Å²) in [5, 5.41) is 0.987. The molecule has 0 radical (unpaired) electrons. The summed E-state index contributed by atoms with van der Waals surface area (Å²) < 4.78 is 13.0. The molecule has 0 aliphatic carbocycles. The lowest BCUT2D eigenvalue weighted by Crippen LogP contribution is -1.97. The fourth-order valence-electron chi connectivity index (χ4n) is 1.60. The van der Waals surface area contributed by atoms with Crippen LogP contribution in [0.2, 0.25) is 0 Å². The van der Waals surface area contributed by atoms with E-state index in [1.165, 1.54) is 0 Å². The Morgan fingerprint density at radius 1 is 0.792 bits per heavy atom. The molecular weight excluding hydrogens is 523 g/mol. The minimum Gasteiger partial charge on any atom is -0.494 e. The number of hydrogen-bond donors (Lipinski definition) is 0. The summed E-state index contributed by atoms with van der Waals surface area (Å²) in [6.45, 7) is 1.45. The Balaban J connectivity index is 0.000000240. The van der Waals surface area contributed by atoms with E-state index in [4.69, 9.17) is 21.1 Å². The van der Waals surface area contributed by atoms with Gasteiger partial charge in [0.15, 0.2) is 0 Å². The second-order valence-electron chi connectivity index (χ2n) is 4.70. The molecule has 0 saturated carbocycles. The number of ether oxygens (including phenoxy) is 2. The summed E-state index contributed by atoms with van der Waals surface area (Å²) in [6, 6.07) is 15.7. The molecule has 0 fully saturated rings. The highest BCUT2D eigenvalue weighted by Crippen LogP contribution is 2.18. The van der Waals surface area contributed by atoms with Crippen molar-refractivity contribution >= 4 is 59.4 Å². The number of rotatable bonds is 8. The fourth-order valence-corrected chi connectivity index (χ4v) is 2.70. The summed E-state index contributed by atoms with van der Waals surface area (Å²) in [5.74, 6) is 2.45. The molecule has 0 spiro atoms. The Hall–Kier alpha value is -0.230. The molecule has 0 bridgehead atoms. The third-order valence-corrected chi connectivity index (χ3v) is 4.50. The van der Waals surface area contributed by atoms with Gasteiger partial charge in [0.2, 0.25) is 0 Å². The standard InChI is InChI=1S/C9H10Br2O.C9H10BrClO/c10-5-2-6-12-9-4-1-3-8(11)7-9;10-8-3-1-4-9(7-8)12-6-2-5-11/h2*1,3-4,7H,2,5-6H2. The van der Waals surface area contributed by atoms with Crippen molar-refractivity contribution in [2.45, 2.75) is 12.8 Å². The summed E-state index contributed by atoms with van der Waals surface area (Å²) in [4.78, 5) is 0. The van der Waals surface area contributed by atoms with Gasteiger partial charge in [-0.05, 0) is 49.2 Å². The van der Waals surface area contributed by atoms with Crippen molar-refractivity contribution in [3.8, 4) is 11.5 Å². The SMILES string of the molecule is BrCCCOc1cccc(Br)c1.ClCCCOc1cccc(Br)c1. The van der Waals surface area contributed by atoms with Crippen LogP contribution in [-0.4, -0.2) is 24.4 Å². The molecule has 6 heteroatoms. The second-order valence-corrected chi connectivity index (χ2v) is 7.70. The van der Waals surface area contributed by atoms with Gasteiger partial charge >= 0.3 is 0 Å². The molecule has 0 aliphatic rings. The maximum absolute atomic E-state index is 5.51. The highest BCUT2D eigenvalue weighted by Gasteiger charge is 1.94. The highest BCUT2D eigenvalue weighted by molar-refractivity contribution is 9.10. The Kier molecular flexibility index (Phi) is 12.7. The first-order chi connectivity index (χ1) is 11.7. The van der Waals surface area contributed by atoms with Crippen molar-refractivity contribution in [2.24, 2.45) is 0 Å². The minimum atomic E-state index is 0.647. The van der Waals surface area contributed by atoms with Crippen LogP contribution in [0.4, 0.5) is 0 Å². The van der Waals surface area contributed by atoms with Crippen LogP contribution in [0.3, 0.4) is 0 Å². The summed E-state index contributed by atoms with van der Waals surface area (Å²) in [6.07, 6.45) is 1.92. The Morgan fingerprint density at radius 3 is 1.71 bits per heavy atom. The van der Waals surface area contributed by atoms with Crippen LogP contribution in [0.25, 0.3) is 0 Å². The molecule has 24 heavy (non-hydrogen) atoms. The molecule has 0 aliphatic heterocycles. The van der Waals surface area contributed by atoms with E-state index in [-0.39, 0.29) is 0 Å². The minimum absolute atomic E-state index is 0.647. The first-order valence-electron chi connectivity index (χ1n) is 7.54. The van der Waals surface area contributed by atoms with Crippen molar-refractivity contribution in [1.82, 2.24) is 0 Å². The highest BCUT2D eigenvalue weighted by atomic mass is 79.9. The maximum atomic E-state index is 5.51.